The van der Waals surface area contributed by atoms with Gasteiger partial charge < -0.3 is 10.0 Å². The van der Waals surface area contributed by atoms with Gasteiger partial charge in [0.05, 0.1) is 5.71 Å². The summed E-state index contributed by atoms with van der Waals surface area (Å²) in [6.07, 6.45) is 1.73. The first kappa shape index (κ1) is 21.2. The van der Waals surface area contributed by atoms with Gasteiger partial charge in [0.1, 0.15) is 22.3 Å². The van der Waals surface area contributed by atoms with Gasteiger partial charge in [0, 0.05) is 37.9 Å². The van der Waals surface area contributed by atoms with Crippen LogP contribution in [0.15, 0.2) is 46.5 Å². The van der Waals surface area contributed by atoms with Gasteiger partial charge in [-0.1, -0.05) is 6.92 Å². The van der Waals surface area contributed by atoms with E-state index in [0.717, 1.165) is 0 Å². The lowest BCUT2D eigenvalue weighted by molar-refractivity contribution is 0.222. The minimum Gasteiger partial charge on any atom is -0.507 e. The number of benzene rings is 1. The molecule has 0 saturated carbocycles. The zero-order valence-electron chi connectivity index (χ0n) is 16.3. The summed E-state index contributed by atoms with van der Waals surface area (Å²) in [5.41, 5.74) is 3.46. The second kappa shape index (κ2) is 8.85. The molecular weight excluding hydrogens is 397 g/mol. The van der Waals surface area contributed by atoms with E-state index in [4.69, 9.17) is 0 Å². The van der Waals surface area contributed by atoms with E-state index < -0.39 is 15.8 Å². The van der Waals surface area contributed by atoms with Crippen LogP contribution in [-0.2, 0) is 10.0 Å². The molecule has 2 aromatic rings. The first-order valence-corrected chi connectivity index (χ1v) is 10.7. The number of aromatic nitrogens is 1. The van der Waals surface area contributed by atoms with Crippen LogP contribution in [0.5, 0.6) is 5.75 Å². The molecule has 0 aliphatic carbocycles. The maximum absolute atomic E-state index is 13.5. The topological polar surface area (TPSA) is 98.1 Å². The third kappa shape index (κ3) is 4.89. The number of piperazine rings is 1. The van der Waals surface area contributed by atoms with Crippen LogP contribution in [0.1, 0.15) is 18.9 Å². The molecule has 1 aliphatic rings. The van der Waals surface area contributed by atoms with Gasteiger partial charge in [0.25, 0.3) is 0 Å². The predicted octanol–water partition coefficient (Wildman–Crippen LogP) is 2.09. The number of nitrogens with zero attached hydrogens (tertiary/aromatic N) is 4. The largest absolute Gasteiger partial charge is 0.507 e. The lowest BCUT2D eigenvalue weighted by Gasteiger charge is -2.31. The standard InChI is InChI=1S/C19H24FN5O3S/c1-3-17(16-12-14(20)4-6-18(16)26)22-23-19-7-5-15(13-21-19)29(27,28)25-10-8-24(2)9-11-25/h4-7,12-13,26H,3,8-11H2,1-2H3,(H,21,23)/b22-17+. The van der Waals surface area contributed by atoms with Gasteiger partial charge in [-0.3, -0.25) is 5.43 Å². The van der Waals surface area contributed by atoms with E-state index in [9.17, 15) is 17.9 Å². The molecule has 0 radical (unpaired) electrons. The Labute approximate surface area is 169 Å². The minimum atomic E-state index is -3.59. The number of nitrogens with one attached hydrogen (secondary N) is 1. The first-order chi connectivity index (χ1) is 13.8. The quantitative estimate of drug-likeness (QED) is 0.548. The summed E-state index contributed by atoms with van der Waals surface area (Å²) in [4.78, 5) is 6.32. The molecule has 29 heavy (non-hydrogen) atoms. The smallest absolute Gasteiger partial charge is 0.244 e. The van der Waals surface area contributed by atoms with E-state index >= 15 is 0 Å². The Morgan fingerprint density at radius 3 is 2.59 bits per heavy atom. The molecule has 10 heteroatoms. The van der Waals surface area contributed by atoms with Crippen molar-refractivity contribution in [2.45, 2.75) is 18.2 Å². The molecule has 1 aliphatic heterocycles. The van der Waals surface area contributed by atoms with E-state index in [-0.39, 0.29) is 16.2 Å². The number of aromatic hydroxyl groups is 1. The highest BCUT2D eigenvalue weighted by molar-refractivity contribution is 7.89. The number of hydrazone groups is 1. The summed E-state index contributed by atoms with van der Waals surface area (Å²) in [6.45, 7) is 4.09. The number of phenols is 1. The molecule has 0 atom stereocenters. The average Bonchev–Trinajstić information content (AvgIpc) is 2.71. The number of anilines is 1. The molecule has 1 saturated heterocycles. The highest BCUT2D eigenvalue weighted by Gasteiger charge is 2.27. The number of hydrogen-bond acceptors (Lipinski definition) is 7. The number of sulfonamides is 1. The van der Waals surface area contributed by atoms with Crippen molar-refractivity contribution in [1.29, 1.82) is 0 Å². The fourth-order valence-corrected chi connectivity index (χ4v) is 4.34. The van der Waals surface area contributed by atoms with Crippen molar-refractivity contribution < 1.29 is 17.9 Å². The third-order valence-electron chi connectivity index (χ3n) is 4.75. The molecule has 156 valence electrons. The Balaban J connectivity index is 1.74. The molecule has 2 heterocycles. The zero-order valence-corrected chi connectivity index (χ0v) is 17.2. The Morgan fingerprint density at radius 2 is 1.97 bits per heavy atom. The summed E-state index contributed by atoms with van der Waals surface area (Å²) in [7, 11) is -1.63. The van der Waals surface area contributed by atoms with E-state index in [1.54, 1.807) is 0 Å². The molecule has 8 nitrogen and oxygen atoms in total. The van der Waals surface area contributed by atoms with E-state index in [2.05, 4.69) is 20.4 Å². The van der Waals surface area contributed by atoms with Gasteiger partial charge in [-0.05, 0) is 43.8 Å². The molecule has 0 unspecified atom stereocenters. The molecule has 1 fully saturated rings. The van der Waals surface area contributed by atoms with Gasteiger partial charge in [-0.25, -0.2) is 17.8 Å². The lowest BCUT2D eigenvalue weighted by atomic mass is 10.1. The monoisotopic (exact) mass is 421 g/mol. The van der Waals surface area contributed by atoms with Crippen LogP contribution in [0.3, 0.4) is 0 Å². The van der Waals surface area contributed by atoms with Crippen molar-refractivity contribution in [2.75, 3.05) is 38.7 Å². The highest BCUT2D eigenvalue weighted by Crippen LogP contribution is 2.21. The van der Waals surface area contributed by atoms with Gasteiger partial charge >= 0.3 is 0 Å². The van der Waals surface area contributed by atoms with Crippen molar-refractivity contribution in [2.24, 2.45) is 5.10 Å². The van der Waals surface area contributed by atoms with Crippen molar-refractivity contribution in [1.82, 2.24) is 14.2 Å². The van der Waals surface area contributed by atoms with Gasteiger partial charge in [-0.15, -0.1) is 0 Å². The number of pyridine rings is 1. The van der Waals surface area contributed by atoms with Crippen molar-refractivity contribution in [3.63, 3.8) is 0 Å². The molecule has 0 bridgehead atoms. The van der Waals surface area contributed by atoms with Crippen molar-refractivity contribution in [3.05, 3.63) is 47.9 Å². The van der Waals surface area contributed by atoms with Crippen molar-refractivity contribution in [3.8, 4) is 5.75 Å². The maximum atomic E-state index is 13.5. The van der Waals surface area contributed by atoms with E-state index in [0.29, 0.717) is 44.1 Å². The fraction of sp³-hybridized carbons (Fsp3) is 0.368. The van der Waals surface area contributed by atoms with Crippen LogP contribution in [0, 0.1) is 5.82 Å². The number of likely N-dealkylation sites (N-methyl/N-ethyl adjacent to an activating group) is 1. The van der Waals surface area contributed by atoms with E-state index in [1.807, 2.05) is 14.0 Å². The zero-order chi connectivity index (χ0) is 21.0. The van der Waals surface area contributed by atoms with Gasteiger partial charge in [0.2, 0.25) is 10.0 Å². The first-order valence-electron chi connectivity index (χ1n) is 9.27. The second-order valence-electron chi connectivity index (χ2n) is 6.77. The Hall–Kier alpha value is -2.56. The van der Waals surface area contributed by atoms with Crippen LogP contribution in [0.2, 0.25) is 0 Å². The molecule has 3 rings (SSSR count). The highest BCUT2D eigenvalue weighted by atomic mass is 32.2. The predicted molar refractivity (Wildman–Crippen MR) is 109 cm³/mol. The summed E-state index contributed by atoms with van der Waals surface area (Å²) >= 11 is 0. The summed E-state index contributed by atoms with van der Waals surface area (Å²) in [5.74, 6) is -0.213. The summed E-state index contributed by atoms with van der Waals surface area (Å²) in [5, 5.41) is 14.1. The third-order valence-corrected chi connectivity index (χ3v) is 6.63. The van der Waals surface area contributed by atoms with Crippen LogP contribution in [0.4, 0.5) is 10.2 Å². The number of halogens is 1. The molecule has 0 amide bonds. The Kier molecular flexibility index (Phi) is 6.46. The Morgan fingerprint density at radius 1 is 1.24 bits per heavy atom. The maximum Gasteiger partial charge on any atom is 0.244 e. The fourth-order valence-electron chi connectivity index (χ4n) is 2.97. The number of hydrogen-bond donors (Lipinski definition) is 2. The normalized spacial score (nSPS) is 16.7. The molecule has 1 aromatic carbocycles. The lowest BCUT2D eigenvalue weighted by Crippen LogP contribution is -2.47. The van der Waals surface area contributed by atoms with Crippen LogP contribution < -0.4 is 5.43 Å². The van der Waals surface area contributed by atoms with Crippen LogP contribution >= 0.6 is 0 Å². The Bertz CT molecular complexity index is 987. The molecular formula is C19H24FN5O3S. The minimum absolute atomic E-state index is 0.0737. The summed E-state index contributed by atoms with van der Waals surface area (Å²) in [6, 6.07) is 6.64. The van der Waals surface area contributed by atoms with Gasteiger partial charge in [0.15, 0.2) is 0 Å². The van der Waals surface area contributed by atoms with Crippen LogP contribution in [0.25, 0.3) is 0 Å². The van der Waals surface area contributed by atoms with E-state index in [1.165, 1.54) is 40.8 Å². The summed E-state index contributed by atoms with van der Waals surface area (Å²) < 4.78 is 40.4. The number of rotatable bonds is 6. The number of phenolic OH excluding ortho intramolecular Hbond substituents is 1. The van der Waals surface area contributed by atoms with Crippen molar-refractivity contribution >= 4 is 21.6 Å². The molecule has 0 spiro atoms. The van der Waals surface area contributed by atoms with Gasteiger partial charge in [-0.2, -0.15) is 9.41 Å². The van der Waals surface area contributed by atoms with Crippen LogP contribution in [-0.4, -0.2) is 66.7 Å². The second-order valence-corrected chi connectivity index (χ2v) is 8.71. The molecule has 1 aromatic heterocycles. The average molecular weight is 421 g/mol. The SMILES string of the molecule is CC/C(=N\Nc1ccc(S(=O)(=O)N2CCN(C)CC2)cn1)c1cc(F)ccc1O. The molecule has 2 N–H and O–H groups in total.